The zero-order chi connectivity index (χ0) is 18.1. The van der Waals surface area contributed by atoms with Crippen LogP contribution in [0.15, 0.2) is 46.9 Å². The maximum Gasteiger partial charge on any atom is 0.291 e. The third kappa shape index (κ3) is 3.58. The van der Waals surface area contributed by atoms with Crippen molar-refractivity contribution in [2.45, 2.75) is 20.8 Å². The van der Waals surface area contributed by atoms with Crippen molar-refractivity contribution in [3.05, 3.63) is 75.0 Å². The van der Waals surface area contributed by atoms with Crippen LogP contribution in [0.1, 0.15) is 27.2 Å². The van der Waals surface area contributed by atoms with E-state index in [-0.39, 0.29) is 11.7 Å². The van der Waals surface area contributed by atoms with Gasteiger partial charge in [-0.05, 0) is 56.2 Å². The molecule has 0 saturated heterocycles. The number of carbonyl (C=O) groups excluding carboxylic acids is 1. The highest BCUT2D eigenvalue weighted by Crippen LogP contribution is 2.34. The minimum atomic E-state index is -0.306. The summed E-state index contributed by atoms with van der Waals surface area (Å²) in [6.45, 7) is 5.96. The van der Waals surface area contributed by atoms with E-state index in [4.69, 9.17) is 27.6 Å². The van der Waals surface area contributed by atoms with Crippen molar-refractivity contribution < 1.29 is 9.21 Å². The first-order valence-electron chi connectivity index (χ1n) is 7.80. The van der Waals surface area contributed by atoms with Crippen LogP contribution in [0, 0.1) is 20.8 Å². The summed E-state index contributed by atoms with van der Waals surface area (Å²) in [5, 5.41) is 3.76. The van der Waals surface area contributed by atoms with Gasteiger partial charge in [0.25, 0.3) is 5.91 Å². The van der Waals surface area contributed by atoms with E-state index in [0.29, 0.717) is 21.4 Å². The molecule has 3 rings (SSSR count). The molecule has 0 aliphatic heterocycles. The first-order chi connectivity index (χ1) is 11.9. The van der Waals surface area contributed by atoms with Crippen LogP contribution in [-0.2, 0) is 0 Å². The summed E-state index contributed by atoms with van der Waals surface area (Å²) in [6, 6.07) is 12.7. The summed E-state index contributed by atoms with van der Waals surface area (Å²) in [4.78, 5) is 12.5. The Labute approximate surface area is 156 Å². The van der Waals surface area contributed by atoms with E-state index in [1.54, 1.807) is 30.3 Å². The predicted molar refractivity (Wildman–Crippen MR) is 103 cm³/mol. The molecule has 0 unspecified atom stereocenters. The van der Waals surface area contributed by atoms with Crippen molar-refractivity contribution in [2.24, 2.45) is 0 Å². The van der Waals surface area contributed by atoms with Gasteiger partial charge in [0.2, 0.25) is 0 Å². The molecule has 3 aromatic rings. The first-order valence-corrected chi connectivity index (χ1v) is 8.56. The summed E-state index contributed by atoms with van der Waals surface area (Å²) < 4.78 is 5.69. The Morgan fingerprint density at radius 1 is 1.00 bits per heavy atom. The van der Waals surface area contributed by atoms with Gasteiger partial charge < -0.3 is 9.73 Å². The second-order valence-corrected chi connectivity index (χ2v) is 6.78. The third-order valence-corrected chi connectivity index (χ3v) is 4.78. The second kappa shape index (κ2) is 6.95. The number of rotatable bonds is 3. The molecular formula is C20H17Cl2NO2. The van der Waals surface area contributed by atoms with Gasteiger partial charge in [-0.25, -0.2) is 0 Å². The summed E-state index contributed by atoms with van der Waals surface area (Å²) in [7, 11) is 0. The number of anilines is 1. The SMILES string of the molecule is Cc1cc(C)c(NC(=O)c2ccc(-c3cccc(Cl)c3Cl)o2)c(C)c1. The Morgan fingerprint density at radius 2 is 1.68 bits per heavy atom. The zero-order valence-electron chi connectivity index (χ0n) is 14.1. The first kappa shape index (κ1) is 17.6. The molecule has 0 aliphatic rings. The zero-order valence-corrected chi connectivity index (χ0v) is 15.6. The molecule has 1 aromatic heterocycles. The van der Waals surface area contributed by atoms with Gasteiger partial charge in [-0.2, -0.15) is 0 Å². The van der Waals surface area contributed by atoms with E-state index in [9.17, 15) is 4.79 Å². The lowest BCUT2D eigenvalue weighted by atomic mass is 10.1. The van der Waals surface area contributed by atoms with Crippen LogP contribution in [0.5, 0.6) is 0 Å². The van der Waals surface area contributed by atoms with Crippen LogP contribution in [0.2, 0.25) is 10.0 Å². The monoisotopic (exact) mass is 373 g/mol. The highest BCUT2D eigenvalue weighted by molar-refractivity contribution is 6.43. The molecule has 0 fully saturated rings. The van der Waals surface area contributed by atoms with Crippen LogP contribution in [-0.4, -0.2) is 5.91 Å². The highest BCUT2D eigenvalue weighted by atomic mass is 35.5. The number of nitrogens with one attached hydrogen (secondary N) is 1. The number of carbonyl (C=O) groups is 1. The van der Waals surface area contributed by atoms with Crippen LogP contribution >= 0.6 is 23.2 Å². The lowest BCUT2D eigenvalue weighted by Gasteiger charge is -2.12. The number of furan rings is 1. The maximum absolute atomic E-state index is 12.5. The van der Waals surface area contributed by atoms with Crippen molar-refractivity contribution in [2.75, 3.05) is 5.32 Å². The smallest absolute Gasteiger partial charge is 0.291 e. The number of benzene rings is 2. The van der Waals surface area contributed by atoms with Crippen molar-refractivity contribution in [3.63, 3.8) is 0 Å². The Morgan fingerprint density at radius 3 is 2.36 bits per heavy atom. The van der Waals surface area contributed by atoms with Crippen molar-refractivity contribution in [1.29, 1.82) is 0 Å². The van der Waals surface area contributed by atoms with Crippen molar-refractivity contribution in [1.82, 2.24) is 0 Å². The topological polar surface area (TPSA) is 42.2 Å². The molecule has 0 spiro atoms. The highest BCUT2D eigenvalue weighted by Gasteiger charge is 2.16. The minimum Gasteiger partial charge on any atom is -0.451 e. The van der Waals surface area contributed by atoms with Gasteiger partial charge in [0, 0.05) is 11.3 Å². The largest absolute Gasteiger partial charge is 0.451 e. The van der Waals surface area contributed by atoms with E-state index in [1.807, 2.05) is 32.9 Å². The van der Waals surface area contributed by atoms with Crippen LogP contribution in [0.3, 0.4) is 0 Å². The fourth-order valence-corrected chi connectivity index (χ4v) is 3.24. The van der Waals surface area contributed by atoms with Gasteiger partial charge in [0.05, 0.1) is 10.0 Å². The van der Waals surface area contributed by atoms with Crippen LogP contribution in [0.4, 0.5) is 5.69 Å². The Balaban J connectivity index is 1.88. The molecule has 0 saturated carbocycles. The van der Waals surface area contributed by atoms with Crippen molar-refractivity contribution >= 4 is 34.8 Å². The van der Waals surface area contributed by atoms with E-state index in [0.717, 1.165) is 22.4 Å². The molecule has 0 atom stereocenters. The fraction of sp³-hybridized carbons (Fsp3) is 0.150. The third-order valence-electron chi connectivity index (χ3n) is 3.96. The number of amides is 1. The molecular weight excluding hydrogens is 357 g/mol. The molecule has 5 heteroatoms. The average Bonchev–Trinajstić information content (AvgIpc) is 3.03. The van der Waals surface area contributed by atoms with Gasteiger partial charge in [-0.3, -0.25) is 4.79 Å². The molecule has 0 aliphatic carbocycles. The number of hydrogen-bond acceptors (Lipinski definition) is 2. The second-order valence-electron chi connectivity index (χ2n) is 5.99. The standard InChI is InChI=1S/C20H17Cl2NO2/c1-11-9-12(2)19(13(3)10-11)23-20(24)17-8-7-16(25-17)14-5-4-6-15(21)18(14)22/h4-10H,1-3H3,(H,23,24). The average molecular weight is 374 g/mol. The predicted octanol–water partition coefficient (Wildman–Crippen LogP) is 6.43. The van der Waals surface area contributed by atoms with E-state index >= 15 is 0 Å². The fourth-order valence-electron chi connectivity index (χ4n) is 2.85. The molecule has 0 radical (unpaired) electrons. The quantitative estimate of drug-likeness (QED) is 0.574. The Kier molecular flexibility index (Phi) is 4.89. The molecule has 25 heavy (non-hydrogen) atoms. The lowest BCUT2D eigenvalue weighted by molar-refractivity contribution is 0.0997. The summed E-state index contributed by atoms with van der Waals surface area (Å²) in [6.07, 6.45) is 0. The van der Waals surface area contributed by atoms with Crippen LogP contribution < -0.4 is 5.32 Å². The van der Waals surface area contributed by atoms with Gasteiger partial charge in [-0.15, -0.1) is 0 Å². The molecule has 1 amide bonds. The summed E-state index contributed by atoms with van der Waals surface area (Å²) in [5.74, 6) is 0.403. The number of aryl methyl sites for hydroxylation is 3. The normalized spacial score (nSPS) is 10.8. The Bertz CT molecular complexity index is 937. The molecule has 128 valence electrons. The number of hydrogen-bond donors (Lipinski definition) is 1. The molecule has 0 bridgehead atoms. The molecule has 1 N–H and O–H groups in total. The molecule has 3 nitrogen and oxygen atoms in total. The van der Waals surface area contributed by atoms with Gasteiger partial charge in [0.15, 0.2) is 5.76 Å². The summed E-state index contributed by atoms with van der Waals surface area (Å²) in [5.41, 5.74) is 4.63. The molecule has 2 aromatic carbocycles. The lowest BCUT2D eigenvalue weighted by Crippen LogP contribution is -2.13. The Hall–Kier alpha value is -2.23. The number of halogens is 2. The van der Waals surface area contributed by atoms with Crippen molar-refractivity contribution in [3.8, 4) is 11.3 Å². The van der Waals surface area contributed by atoms with Crippen LogP contribution in [0.25, 0.3) is 11.3 Å². The maximum atomic E-state index is 12.5. The molecule has 1 heterocycles. The van der Waals surface area contributed by atoms with E-state index in [1.165, 1.54) is 0 Å². The van der Waals surface area contributed by atoms with E-state index in [2.05, 4.69) is 5.32 Å². The summed E-state index contributed by atoms with van der Waals surface area (Å²) >= 11 is 12.2. The van der Waals surface area contributed by atoms with Gasteiger partial charge >= 0.3 is 0 Å². The van der Waals surface area contributed by atoms with Gasteiger partial charge in [-0.1, -0.05) is 47.0 Å². The van der Waals surface area contributed by atoms with E-state index < -0.39 is 0 Å². The van der Waals surface area contributed by atoms with Gasteiger partial charge in [0.1, 0.15) is 5.76 Å². The minimum absolute atomic E-state index is 0.213.